The summed E-state index contributed by atoms with van der Waals surface area (Å²) in [6.45, 7) is 1.94. The quantitative estimate of drug-likeness (QED) is 0.821. The molecule has 0 saturated heterocycles. The Labute approximate surface area is 94.1 Å². The van der Waals surface area contributed by atoms with Gasteiger partial charge in [-0.05, 0) is 18.9 Å². The first-order valence-electron chi connectivity index (χ1n) is 4.53. The summed E-state index contributed by atoms with van der Waals surface area (Å²) in [5, 5.41) is 9.47. The van der Waals surface area contributed by atoms with E-state index in [1.807, 2.05) is 31.2 Å². The van der Waals surface area contributed by atoms with Crippen LogP contribution in [-0.4, -0.2) is 25.4 Å². The van der Waals surface area contributed by atoms with Crippen LogP contribution in [0.3, 0.4) is 0 Å². The molecule has 1 rings (SSSR count). The molecule has 0 saturated carbocycles. The summed E-state index contributed by atoms with van der Waals surface area (Å²) in [5.41, 5.74) is 1.98. The maximum absolute atomic E-state index is 10.7. The van der Waals surface area contributed by atoms with Crippen LogP contribution in [0.25, 0.3) is 0 Å². The summed E-state index contributed by atoms with van der Waals surface area (Å²) < 4.78 is 21.4. The normalized spacial score (nSPS) is 13.8. The van der Waals surface area contributed by atoms with E-state index in [1.165, 1.54) is 0 Å². The van der Waals surface area contributed by atoms with Crippen molar-refractivity contribution in [1.82, 2.24) is 0 Å². The topological polar surface area (TPSA) is 54.4 Å². The molecule has 0 radical (unpaired) electrons. The minimum absolute atomic E-state index is 0.299. The number of aliphatic hydroxyl groups is 1. The molecule has 0 amide bonds. The number of hydrogen-bond acceptors (Lipinski definition) is 3. The number of rotatable bonds is 4. The molecule has 3 nitrogen and oxygen atoms in total. The van der Waals surface area contributed by atoms with Crippen LogP contribution in [0.5, 0.6) is 0 Å². The van der Waals surface area contributed by atoms with Gasteiger partial charge < -0.3 is 5.11 Å². The number of aryl methyl sites for hydroxylation is 1. The molecular formula is C10H13ClO3S. The lowest BCUT2D eigenvalue weighted by Crippen LogP contribution is -2.19. The summed E-state index contributed by atoms with van der Waals surface area (Å²) in [6, 6.07) is 7.56. The highest BCUT2D eigenvalue weighted by molar-refractivity contribution is 8.13. The Morgan fingerprint density at radius 2 is 2.13 bits per heavy atom. The lowest BCUT2D eigenvalue weighted by Gasteiger charge is -2.08. The molecule has 0 fully saturated rings. The van der Waals surface area contributed by atoms with Gasteiger partial charge in [0, 0.05) is 10.7 Å². The lowest BCUT2D eigenvalue weighted by atomic mass is 10.1. The van der Waals surface area contributed by atoms with Crippen molar-refractivity contribution in [1.29, 1.82) is 0 Å². The van der Waals surface area contributed by atoms with Gasteiger partial charge in [-0.25, -0.2) is 8.42 Å². The molecular weight excluding hydrogens is 236 g/mol. The van der Waals surface area contributed by atoms with Gasteiger partial charge in [0.05, 0.1) is 11.9 Å². The van der Waals surface area contributed by atoms with E-state index < -0.39 is 20.9 Å². The summed E-state index contributed by atoms with van der Waals surface area (Å²) in [7, 11) is 1.41. The molecule has 1 aromatic carbocycles. The minimum atomic E-state index is -3.63. The average molecular weight is 249 g/mol. The standard InChI is InChI=1S/C10H13ClO3S/c1-8-3-2-4-9(5-8)6-10(12)7-15(11,13)14/h2-5,10,12H,6-7H2,1H3. The zero-order chi connectivity index (χ0) is 11.5. The fourth-order valence-corrected chi connectivity index (χ4v) is 2.41. The van der Waals surface area contributed by atoms with E-state index in [-0.39, 0.29) is 0 Å². The van der Waals surface area contributed by atoms with Gasteiger partial charge in [-0.2, -0.15) is 0 Å². The first-order chi connectivity index (χ1) is 6.87. The molecule has 15 heavy (non-hydrogen) atoms. The third kappa shape index (κ3) is 5.16. The van der Waals surface area contributed by atoms with Crippen LogP contribution in [0.15, 0.2) is 24.3 Å². The van der Waals surface area contributed by atoms with Gasteiger partial charge in [0.1, 0.15) is 0 Å². The van der Waals surface area contributed by atoms with Crippen LogP contribution in [0.4, 0.5) is 0 Å². The fraction of sp³-hybridized carbons (Fsp3) is 0.400. The van der Waals surface area contributed by atoms with E-state index in [9.17, 15) is 13.5 Å². The first kappa shape index (κ1) is 12.5. The highest BCUT2D eigenvalue weighted by Crippen LogP contribution is 2.09. The van der Waals surface area contributed by atoms with Crippen molar-refractivity contribution in [2.24, 2.45) is 0 Å². The van der Waals surface area contributed by atoms with Crippen LogP contribution in [0, 0.1) is 6.92 Å². The van der Waals surface area contributed by atoms with Crippen LogP contribution < -0.4 is 0 Å². The van der Waals surface area contributed by atoms with Gasteiger partial charge in [-0.1, -0.05) is 29.8 Å². The third-order valence-corrected chi connectivity index (χ3v) is 3.11. The number of aliphatic hydroxyl groups excluding tert-OH is 1. The Hall–Kier alpha value is -0.580. The summed E-state index contributed by atoms with van der Waals surface area (Å²) in [4.78, 5) is 0. The maximum Gasteiger partial charge on any atom is 0.235 e. The summed E-state index contributed by atoms with van der Waals surface area (Å²) in [5.74, 6) is -0.414. The van der Waals surface area contributed by atoms with E-state index in [0.717, 1.165) is 11.1 Å². The Balaban J connectivity index is 2.63. The minimum Gasteiger partial charge on any atom is -0.392 e. The van der Waals surface area contributed by atoms with E-state index in [0.29, 0.717) is 6.42 Å². The van der Waals surface area contributed by atoms with Crippen molar-refractivity contribution >= 4 is 19.7 Å². The van der Waals surface area contributed by atoms with Crippen LogP contribution >= 0.6 is 10.7 Å². The Morgan fingerprint density at radius 1 is 1.47 bits per heavy atom. The second-order valence-corrected chi connectivity index (χ2v) is 6.37. The van der Waals surface area contributed by atoms with Crippen molar-refractivity contribution in [2.75, 3.05) is 5.75 Å². The Morgan fingerprint density at radius 3 is 2.67 bits per heavy atom. The van der Waals surface area contributed by atoms with E-state index in [2.05, 4.69) is 0 Å². The molecule has 0 bridgehead atoms. The van der Waals surface area contributed by atoms with Gasteiger partial charge in [0.25, 0.3) is 0 Å². The van der Waals surface area contributed by atoms with Crippen LogP contribution in [-0.2, 0) is 15.5 Å². The molecule has 0 aliphatic carbocycles. The monoisotopic (exact) mass is 248 g/mol. The lowest BCUT2D eigenvalue weighted by molar-refractivity contribution is 0.198. The van der Waals surface area contributed by atoms with Crippen molar-refractivity contribution < 1.29 is 13.5 Å². The summed E-state index contributed by atoms with van der Waals surface area (Å²) in [6.07, 6.45) is -0.650. The van der Waals surface area contributed by atoms with Crippen molar-refractivity contribution in [2.45, 2.75) is 19.4 Å². The van der Waals surface area contributed by atoms with E-state index >= 15 is 0 Å². The Bertz CT molecular complexity index is 428. The molecule has 0 aliphatic heterocycles. The van der Waals surface area contributed by atoms with Crippen molar-refractivity contribution in [3.8, 4) is 0 Å². The second-order valence-electron chi connectivity index (χ2n) is 3.55. The number of halogens is 1. The molecule has 0 aliphatic rings. The molecule has 1 N–H and O–H groups in total. The Kier molecular flexibility index (Phi) is 4.13. The molecule has 0 spiro atoms. The van der Waals surface area contributed by atoms with Crippen LogP contribution in [0.1, 0.15) is 11.1 Å². The zero-order valence-corrected chi connectivity index (χ0v) is 9.92. The van der Waals surface area contributed by atoms with Gasteiger partial charge in [0.15, 0.2) is 0 Å². The van der Waals surface area contributed by atoms with Gasteiger partial charge >= 0.3 is 0 Å². The third-order valence-electron chi connectivity index (χ3n) is 1.95. The molecule has 84 valence electrons. The second kappa shape index (κ2) is 4.96. The summed E-state index contributed by atoms with van der Waals surface area (Å²) >= 11 is 0. The smallest absolute Gasteiger partial charge is 0.235 e. The zero-order valence-electron chi connectivity index (χ0n) is 8.35. The predicted molar refractivity (Wildman–Crippen MR) is 60.5 cm³/mol. The van der Waals surface area contributed by atoms with Crippen molar-refractivity contribution in [3.05, 3.63) is 35.4 Å². The molecule has 0 heterocycles. The predicted octanol–water partition coefficient (Wildman–Crippen LogP) is 1.47. The molecule has 1 unspecified atom stereocenters. The first-order valence-corrected chi connectivity index (χ1v) is 7.00. The SMILES string of the molecule is Cc1cccc(CC(O)CS(=O)(=O)Cl)c1. The van der Waals surface area contributed by atoms with E-state index in [4.69, 9.17) is 10.7 Å². The van der Waals surface area contributed by atoms with Crippen LogP contribution in [0.2, 0.25) is 0 Å². The fourth-order valence-electron chi connectivity index (χ4n) is 1.40. The average Bonchev–Trinajstić information content (AvgIpc) is 1.99. The maximum atomic E-state index is 10.7. The number of hydrogen-bond donors (Lipinski definition) is 1. The highest BCUT2D eigenvalue weighted by Gasteiger charge is 2.14. The highest BCUT2D eigenvalue weighted by atomic mass is 35.7. The molecule has 5 heteroatoms. The molecule has 1 aromatic rings. The van der Waals surface area contributed by atoms with Gasteiger partial charge in [0.2, 0.25) is 9.05 Å². The molecule has 1 atom stereocenters. The van der Waals surface area contributed by atoms with Gasteiger partial charge in [-0.3, -0.25) is 0 Å². The van der Waals surface area contributed by atoms with E-state index in [1.54, 1.807) is 0 Å². The largest absolute Gasteiger partial charge is 0.392 e. The molecule has 0 aromatic heterocycles. The number of benzene rings is 1. The van der Waals surface area contributed by atoms with Crippen molar-refractivity contribution in [3.63, 3.8) is 0 Å². The van der Waals surface area contributed by atoms with Gasteiger partial charge in [-0.15, -0.1) is 0 Å².